The van der Waals surface area contributed by atoms with E-state index >= 15 is 0 Å². The number of thiophene rings is 1. The molecule has 0 unspecified atom stereocenters. The summed E-state index contributed by atoms with van der Waals surface area (Å²) in [6, 6.07) is 9.38. The molecule has 0 aliphatic carbocycles. The first-order valence-corrected chi connectivity index (χ1v) is 6.20. The zero-order chi connectivity index (χ0) is 10.8. The van der Waals surface area contributed by atoms with Gasteiger partial charge in [-0.25, -0.2) is 0 Å². The Bertz CT molecular complexity index is 502. The molecule has 0 amide bonds. The molecule has 0 saturated heterocycles. The largest absolute Gasteiger partial charge is 0.289 e. The molecule has 0 aliphatic rings. The number of halogens is 1. The Morgan fingerprint density at radius 1 is 1.20 bits per heavy atom. The number of aryl methyl sites for hydroxylation is 1. The molecule has 2 rings (SSSR count). The summed E-state index contributed by atoms with van der Waals surface area (Å²) in [5.74, 6) is 0.0845. The summed E-state index contributed by atoms with van der Waals surface area (Å²) >= 11 is 4.99. The Balaban J connectivity index is 2.46. The van der Waals surface area contributed by atoms with Crippen LogP contribution in [0.4, 0.5) is 0 Å². The van der Waals surface area contributed by atoms with Gasteiger partial charge in [-0.1, -0.05) is 28.1 Å². The van der Waals surface area contributed by atoms with Crippen molar-refractivity contribution in [1.29, 1.82) is 0 Å². The van der Waals surface area contributed by atoms with Crippen LogP contribution in [0.1, 0.15) is 20.8 Å². The van der Waals surface area contributed by atoms with Gasteiger partial charge in [0.1, 0.15) is 0 Å². The molecular formula is C12H9BrOS. The molecule has 0 spiro atoms. The van der Waals surface area contributed by atoms with Gasteiger partial charge in [0.2, 0.25) is 0 Å². The van der Waals surface area contributed by atoms with Crippen molar-refractivity contribution in [2.75, 3.05) is 0 Å². The summed E-state index contributed by atoms with van der Waals surface area (Å²) in [5.41, 5.74) is 1.52. The predicted molar refractivity (Wildman–Crippen MR) is 66.6 cm³/mol. The van der Waals surface area contributed by atoms with Crippen LogP contribution in [0, 0.1) is 6.92 Å². The van der Waals surface area contributed by atoms with Crippen molar-refractivity contribution in [1.82, 2.24) is 0 Å². The molecule has 2 aromatic rings. The third kappa shape index (κ3) is 2.03. The summed E-state index contributed by atoms with van der Waals surface area (Å²) in [4.78, 5) is 13.2. The summed E-state index contributed by atoms with van der Waals surface area (Å²) in [6.45, 7) is 1.97. The SMILES string of the molecule is Cc1sccc1C(=O)c1ccccc1Br. The van der Waals surface area contributed by atoms with Crippen molar-refractivity contribution < 1.29 is 4.79 Å². The fraction of sp³-hybridized carbons (Fsp3) is 0.0833. The molecule has 0 atom stereocenters. The van der Waals surface area contributed by atoms with Gasteiger partial charge < -0.3 is 0 Å². The van der Waals surface area contributed by atoms with Gasteiger partial charge in [0.05, 0.1) is 0 Å². The molecule has 0 N–H and O–H groups in total. The molecule has 0 saturated carbocycles. The van der Waals surface area contributed by atoms with Gasteiger partial charge in [-0.15, -0.1) is 11.3 Å². The van der Waals surface area contributed by atoms with Gasteiger partial charge in [0.25, 0.3) is 0 Å². The minimum atomic E-state index is 0.0845. The van der Waals surface area contributed by atoms with E-state index in [2.05, 4.69) is 15.9 Å². The zero-order valence-electron chi connectivity index (χ0n) is 8.16. The monoisotopic (exact) mass is 280 g/mol. The minimum absolute atomic E-state index is 0.0845. The van der Waals surface area contributed by atoms with Crippen LogP contribution in [0.15, 0.2) is 40.2 Å². The summed E-state index contributed by atoms with van der Waals surface area (Å²) < 4.78 is 0.848. The molecule has 3 heteroatoms. The van der Waals surface area contributed by atoms with Crippen molar-refractivity contribution in [3.8, 4) is 0 Å². The standard InChI is InChI=1S/C12H9BrOS/c1-8-9(6-7-15-8)12(14)10-4-2-3-5-11(10)13/h2-7H,1H3. The second-order valence-electron chi connectivity index (χ2n) is 3.20. The highest BCUT2D eigenvalue weighted by Gasteiger charge is 2.14. The Morgan fingerprint density at radius 2 is 1.93 bits per heavy atom. The fourth-order valence-corrected chi connectivity index (χ4v) is 2.57. The van der Waals surface area contributed by atoms with E-state index in [-0.39, 0.29) is 5.78 Å². The maximum atomic E-state index is 12.1. The topological polar surface area (TPSA) is 17.1 Å². The van der Waals surface area contributed by atoms with Crippen LogP contribution in [0.2, 0.25) is 0 Å². The number of hydrogen-bond acceptors (Lipinski definition) is 2. The van der Waals surface area contributed by atoms with E-state index in [0.717, 1.165) is 20.5 Å². The van der Waals surface area contributed by atoms with Gasteiger partial charge in [-0.2, -0.15) is 0 Å². The lowest BCUT2D eigenvalue weighted by atomic mass is 10.0. The molecule has 1 nitrogen and oxygen atoms in total. The normalized spacial score (nSPS) is 10.3. The highest BCUT2D eigenvalue weighted by molar-refractivity contribution is 9.10. The van der Waals surface area contributed by atoms with Crippen LogP contribution in [0.3, 0.4) is 0 Å². The number of carbonyl (C=O) groups is 1. The van der Waals surface area contributed by atoms with Gasteiger partial charge in [-0.05, 0) is 30.5 Å². The average Bonchev–Trinajstić information content (AvgIpc) is 2.64. The molecule has 1 aromatic carbocycles. The number of rotatable bonds is 2. The van der Waals surface area contributed by atoms with Crippen LogP contribution >= 0.6 is 27.3 Å². The van der Waals surface area contributed by atoms with Gasteiger partial charge in [-0.3, -0.25) is 4.79 Å². The van der Waals surface area contributed by atoms with E-state index in [4.69, 9.17) is 0 Å². The highest BCUT2D eigenvalue weighted by Crippen LogP contribution is 2.23. The summed E-state index contributed by atoms with van der Waals surface area (Å²) in [7, 11) is 0. The maximum absolute atomic E-state index is 12.1. The number of benzene rings is 1. The Kier molecular flexibility index (Phi) is 3.03. The smallest absolute Gasteiger partial charge is 0.195 e. The van der Waals surface area contributed by atoms with Crippen LogP contribution in [0.5, 0.6) is 0 Å². The first-order chi connectivity index (χ1) is 7.20. The quantitative estimate of drug-likeness (QED) is 0.759. The number of carbonyl (C=O) groups excluding carboxylic acids is 1. The van der Waals surface area contributed by atoms with Gasteiger partial charge in [0, 0.05) is 20.5 Å². The van der Waals surface area contributed by atoms with E-state index in [1.807, 2.05) is 42.6 Å². The van der Waals surface area contributed by atoms with Crippen LogP contribution in [-0.4, -0.2) is 5.78 Å². The lowest BCUT2D eigenvalue weighted by Gasteiger charge is -2.02. The van der Waals surface area contributed by atoms with Gasteiger partial charge >= 0.3 is 0 Å². The third-order valence-electron chi connectivity index (χ3n) is 2.22. The molecule has 0 radical (unpaired) electrons. The minimum Gasteiger partial charge on any atom is -0.289 e. The fourth-order valence-electron chi connectivity index (χ4n) is 1.41. The second kappa shape index (κ2) is 4.29. The van der Waals surface area contributed by atoms with Crippen LogP contribution in [-0.2, 0) is 0 Å². The summed E-state index contributed by atoms with van der Waals surface area (Å²) in [6.07, 6.45) is 0. The molecule has 0 aliphatic heterocycles. The van der Waals surface area contributed by atoms with Crippen molar-refractivity contribution in [2.24, 2.45) is 0 Å². The lowest BCUT2D eigenvalue weighted by molar-refractivity contribution is 0.103. The van der Waals surface area contributed by atoms with E-state index in [9.17, 15) is 4.79 Å². The van der Waals surface area contributed by atoms with E-state index in [1.165, 1.54) is 0 Å². The third-order valence-corrected chi connectivity index (χ3v) is 3.76. The molecule has 1 heterocycles. The Hall–Kier alpha value is -0.930. The second-order valence-corrected chi connectivity index (χ2v) is 5.17. The van der Waals surface area contributed by atoms with Crippen molar-refractivity contribution >= 4 is 33.0 Å². The molecule has 15 heavy (non-hydrogen) atoms. The Labute approximate surface area is 101 Å². The summed E-state index contributed by atoms with van der Waals surface area (Å²) in [5, 5.41) is 1.94. The number of ketones is 1. The van der Waals surface area contributed by atoms with Crippen molar-refractivity contribution in [3.63, 3.8) is 0 Å². The van der Waals surface area contributed by atoms with E-state index in [0.29, 0.717) is 0 Å². The highest BCUT2D eigenvalue weighted by atomic mass is 79.9. The predicted octanol–water partition coefficient (Wildman–Crippen LogP) is 4.05. The van der Waals surface area contributed by atoms with Crippen molar-refractivity contribution in [3.05, 3.63) is 56.2 Å². The lowest BCUT2D eigenvalue weighted by Crippen LogP contribution is -2.01. The van der Waals surface area contributed by atoms with Gasteiger partial charge in [0.15, 0.2) is 5.78 Å². The maximum Gasteiger partial charge on any atom is 0.195 e. The average molecular weight is 281 g/mol. The zero-order valence-corrected chi connectivity index (χ0v) is 10.6. The first kappa shape index (κ1) is 10.6. The number of hydrogen-bond donors (Lipinski definition) is 0. The molecule has 0 fully saturated rings. The van der Waals surface area contributed by atoms with Crippen LogP contribution < -0.4 is 0 Å². The molecule has 1 aromatic heterocycles. The first-order valence-electron chi connectivity index (χ1n) is 4.53. The van der Waals surface area contributed by atoms with E-state index < -0.39 is 0 Å². The molecular weight excluding hydrogens is 272 g/mol. The Morgan fingerprint density at radius 3 is 2.53 bits per heavy atom. The van der Waals surface area contributed by atoms with E-state index in [1.54, 1.807) is 11.3 Å². The molecule has 0 bridgehead atoms. The van der Waals surface area contributed by atoms with Crippen molar-refractivity contribution in [2.45, 2.75) is 6.92 Å². The van der Waals surface area contributed by atoms with Crippen LogP contribution in [0.25, 0.3) is 0 Å². The molecule has 76 valence electrons.